The minimum absolute atomic E-state index is 0.128. The van der Waals surface area contributed by atoms with Crippen molar-refractivity contribution in [2.24, 2.45) is 7.05 Å². The van der Waals surface area contributed by atoms with Crippen molar-refractivity contribution in [2.45, 2.75) is 13.8 Å². The first kappa shape index (κ1) is 21.4. The normalized spacial score (nSPS) is 11.2. The fraction of sp³-hybridized carbons (Fsp3) is 0.125. The number of nitrogens with one attached hydrogen (secondary N) is 1. The van der Waals surface area contributed by atoms with Crippen LogP contribution in [0.4, 0.5) is 14.6 Å². The lowest BCUT2D eigenvalue weighted by Gasteiger charge is -2.08. The first-order valence-corrected chi connectivity index (χ1v) is 10.4. The monoisotopic (exact) mass is 459 g/mol. The van der Waals surface area contributed by atoms with Crippen molar-refractivity contribution < 1.29 is 13.6 Å². The molecule has 0 radical (unpaired) electrons. The Kier molecular flexibility index (Phi) is 5.12. The minimum Gasteiger partial charge on any atom is -0.330 e. The Morgan fingerprint density at radius 3 is 2.62 bits per heavy atom. The van der Waals surface area contributed by atoms with E-state index in [1.54, 1.807) is 35.8 Å². The topological polar surface area (TPSA) is 90.0 Å². The van der Waals surface area contributed by atoms with E-state index in [0.717, 1.165) is 23.1 Å². The van der Waals surface area contributed by atoms with Gasteiger partial charge in [-0.2, -0.15) is 9.49 Å². The molecule has 10 heteroatoms. The summed E-state index contributed by atoms with van der Waals surface area (Å²) in [6, 6.07) is 10.9. The molecular weight excluding hydrogens is 440 g/mol. The molecular formula is C24H19F2N7O. The quantitative estimate of drug-likeness (QED) is 0.404. The number of carbonyl (C=O) groups is 1. The van der Waals surface area contributed by atoms with E-state index in [1.165, 1.54) is 18.3 Å². The summed E-state index contributed by atoms with van der Waals surface area (Å²) in [5.74, 6) is -0.492. The van der Waals surface area contributed by atoms with Gasteiger partial charge in [0, 0.05) is 30.4 Å². The van der Waals surface area contributed by atoms with Crippen LogP contribution >= 0.6 is 0 Å². The molecule has 1 amide bonds. The summed E-state index contributed by atoms with van der Waals surface area (Å²) in [6.07, 6.45) is 2.79. The molecule has 4 aromatic heterocycles. The molecule has 0 fully saturated rings. The van der Waals surface area contributed by atoms with Crippen LogP contribution in [0.2, 0.25) is 0 Å². The molecule has 0 aliphatic rings. The standard InChI is InChI=1S/C24H19F2N7O/c1-13-10-15(4-5-17(13)25)22-23(32(3)14(2)28-22)18-6-7-21-29-20(12-33(21)31-18)30-24(34)16-8-9-27-19(26)11-16/h4-12H,1-3H3,(H,30,34). The predicted molar refractivity (Wildman–Crippen MR) is 122 cm³/mol. The molecule has 170 valence electrons. The number of fused-ring (bicyclic) bond motifs is 1. The fourth-order valence-electron chi connectivity index (χ4n) is 3.70. The number of halogens is 2. The third-order valence-electron chi connectivity index (χ3n) is 5.54. The number of carbonyl (C=O) groups excluding carboxylic acids is 1. The number of hydrogen-bond donors (Lipinski definition) is 1. The molecule has 0 saturated heterocycles. The van der Waals surface area contributed by atoms with E-state index in [2.05, 4.69) is 25.4 Å². The Morgan fingerprint density at radius 1 is 1.03 bits per heavy atom. The summed E-state index contributed by atoms with van der Waals surface area (Å²) >= 11 is 0. The van der Waals surface area contributed by atoms with Crippen LogP contribution in [-0.4, -0.2) is 35.0 Å². The Bertz CT molecular complexity index is 1570. The fourth-order valence-corrected chi connectivity index (χ4v) is 3.70. The summed E-state index contributed by atoms with van der Waals surface area (Å²) in [6.45, 7) is 3.59. The van der Waals surface area contributed by atoms with Gasteiger partial charge < -0.3 is 9.88 Å². The van der Waals surface area contributed by atoms with Crippen LogP contribution in [0.5, 0.6) is 0 Å². The van der Waals surface area contributed by atoms with Crippen LogP contribution in [0, 0.1) is 25.6 Å². The molecule has 0 aliphatic carbocycles. The summed E-state index contributed by atoms with van der Waals surface area (Å²) in [5, 5.41) is 7.30. The molecule has 0 saturated carbocycles. The average Bonchev–Trinajstić information content (AvgIpc) is 3.34. The van der Waals surface area contributed by atoms with Gasteiger partial charge in [0.25, 0.3) is 5.91 Å². The number of anilines is 1. The zero-order valence-corrected chi connectivity index (χ0v) is 18.5. The highest BCUT2D eigenvalue weighted by Crippen LogP contribution is 2.32. The largest absolute Gasteiger partial charge is 0.330 e. The highest BCUT2D eigenvalue weighted by atomic mass is 19.1. The van der Waals surface area contributed by atoms with Crippen molar-refractivity contribution in [3.63, 3.8) is 0 Å². The number of amides is 1. The van der Waals surface area contributed by atoms with Crippen LogP contribution < -0.4 is 5.32 Å². The van der Waals surface area contributed by atoms with E-state index < -0.39 is 11.9 Å². The number of aromatic nitrogens is 6. The first-order chi connectivity index (χ1) is 16.3. The maximum atomic E-state index is 13.8. The summed E-state index contributed by atoms with van der Waals surface area (Å²) in [7, 11) is 1.89. The molecule has 0 bridgehead atoms. The van der Waals surface area contributed by atoms with Gasteiger partial charge in [-0.05, 0) is 55.8 Å². The second-order valence-electron chi connectivity index (χ2n) is 7.85. The highest BCUT2D eigenvalue weighted by molar-refractivity contribution is 6.03. The van der Waals surface area contributed by atoms with Crippen molar-refractivity contribution in [1.29, 1.82) is 0 Å². The van der Waals surface area contributed by atoms with Crippen molar-refractivity contribution in [2.75, 3.05) is 5.32 Å². The summed E-state index contributed by atoms with van der Waals surface area (Å²) < 4.78 is 30.6. The number of imidazole rings is 2. The van der Waals surface area contributed by atoms with Gasteiger partial charge >= 0.3 is 0 Å². The molecule has 0 spiro atoms. The third kappa shape index (κ3) is 3.79. The third-order valence-corrected chi connectivity index (χ3v) is 5.54. The molecule has 1 N–H and O–H groups in total. The Morgan fingerprint density at radius 2 is 1.85 bits per heavy atom. The summed E-state index contributed by atoms with van der Waals surface area (Å²) in [5.41, 5.74) is 4.02. The van der Waals surface area contributed by atoms with Crippen molar-refractivity contribution >= 4 is 17.4 Å². The Labute approximate surface area is 192 Å². The second kappa shape index (κ2) is 8.14. The predicted octanol–water partition coefficient (Wildman–Crippen LogP) is 4.34. The number of nitrogens with zero attached hydrogens (tertiary/aromatic N) is 6. The maximum Gasteiger partial charge on any atom is 0.257 e. The van der Waals surface area contributed by atoms with Crippen LogP contribution in [0.15, 0.2) is 54.9 Å². The summed E-state index contributed by atoms with van der Waals surface area (Å²) in [4.78, 5) is 24.9. The molecule has 0 aliphatic heterocycles. The van der Waals surface area contributed by atoms with E-state index in [1.807, 2.05) is 24.6 Å². The van der Waals surface area contributed by atoms with Crippen molar-refractivity contribution in [1.82, 2.24) is 29.1 Å². The number of pyridine rings is 1. The lowest BCUT2D eigenvalue weighted by Crippen LogP contribution is -2.12. The van der Waals surface area contributed by atoms with Gasteiger partial charge in [-0.3, -0.25) is 4.79 Å². The molecule has 1 aromatic carbocycles. The number of rotatable bonds is 4. The van der Waals surface area contributed by atoms with E-state index >= 15 is 0 Å². The van der Waals surface area contributed by atoms with E-state index in [4.69, 9.17) is 0 Å². The van der Waals surface area contributed by atoms with E-state index in [0.29, 0.717) is 22.6 Å². The lowest BCUT2D eigenvalue weighted by atomic mass is 10.1. The molecule has 5 rings (SSSR count). The van der Waals surface area contributed by atoms with Crippen LogP contribution in [0.3, 0.4) is 0 Å². The molecule has 34 heavy (non-hydrogen) atoms. The Balaban J connectivity index is 1.52. The van der Waals surface area contributed by atoms with Crippen LogP contribution in [0.25, 0.3) is 28.3 Å². The zero-order valence-electron chi connectivity index (χ0n) is 18.5. The van der Waals surface area contributed by atoms with Crippen molar-refractivity contribution in [3.8, 4) is 22.6 Å². The molecule has 0 atom stereocenters. The average molecular weight is 459 g/mol. The Hall–Kier alpha value is -4.47. The molecule has 4 heterocycles. The van der Waals surface area contributed by atoms with Gasteiger partial charge in [0.1, 0.15) is 17.3 Å². The van der Waals surface area contributed by atoms with Crippen LogP contribution in [-0.2, 0) is 7.05 Å². The van der Waals surface area contributed by atoms with Gasteiger partial charge in [-0.25, -0.2) is 23.9 Å². The number of benzene rings is 1. The highest BCUT2D eigenvalue weighted by Gasteiger charge is 2.19. The second-order valence-corrected chi connectivity index (χ2v) is 7.85. The van der Waals surface area contributed by atoms with Crippen LogP contribution in [0.1, 0.15) is 21.7 Å². The van der Waals surface area contributed by atoms with Gasteiger partial charge in [0.15, 0.2) is 11.5 Å². The lowest BCUT2D eigenvalue weighted by molar-refractivity contribution is 0.102. The SMILES string of the molecule is Cc1cc(-c2nc(C)n(C)c2-c2ccc3nc(NC(=O)c4ccnc(F)c4)cn3n2)ccc1F. The molecule has 5 aromatic rings. The van der Waals surface area contributed by atoms with Gasteiger partial charge in [0.05, 0.1) is 17.6 Å². The van der Waals surface area contributed by atoms with Gasteiger partial charge in [-0.15, -0.1) is 0 Å². The van der Waals surface area contributed by atoms with E-state index in [9.17, 15) is 13.6 Å². The minimum atomic E-state index is -0.743. The van der Waals surface area contributed by atoms with E-state index in [-0.39, 0.29) is 17.2 Å². The number of aryl methyl sites for hydroxylation is 2. The first-order valence-electron chi connectivity index (χ1n) is 10.4. The zero-order chi connectivity index (χ0) is 24.0. The molecule has 0 unspecified atom stereocenters. The number of hydrogen-bond acceptors (Lipinski definition) is 5. The van der Waals surface area contributed by atoms with Gasteiger partial charge in [0.2, 0.25) is 5.95 Å². The smallest absolute Gasteiger partial charge is 0.257 e. The molecule has 8 nitrogen and oxygen atoms in total. The maximum absolute atomic E-state index is 13.8. The van der Waals surface area contributed by atoms with Gasteiger partial charge in [-0.1, -0.05) is 0 Å². The van der Waals surface area contributed by atoms with Crippen molar-refractivity contribution in [3.05, 3.63) is 83.6 Å².